The largest absolute Gasteiger partial charge is 0.544 e. The second-order valence-corrected chi connectivity index (χ2v) is 9.10. The predicted octanol–water partition coefficient (Wildman–Crippen LogP) is 3.09. The van der Waals surface area contributed by atoms with E-state index in [9.17, 15) is 15.2 Å². The van der Waals surface area contributed by atoms with Crippen molar-refractivity contribution in [2.45, 2.75) is 19.1 Å². The van der Waals surface area contributed by atoms with Crippen LogP contribution in [0, 0.1) is 16.6 Å². The summed E-state index contributed by atoms with van der Waals surface area (Å²) < 4.78 is 0. The van der Waals surface area contributed by atoms with Crippen LogP contribution in [0.4, 0.5) is 0 Å². The minimum Gasteiger partial charge on any atom is -0.544 e. The number of hydrogen-bond donors (Lipinski definition) is 0. The zero-order chi connectivity index (χ0) is 16.6. The molecular formula is C18H15NO2S2. The van der Waals surface area contributed by atoms with Crippen LogP contribution in [-0.2, 0) is 14.7 Å². The molecule has 2 aromatic carbocycles. The fourth-order valence-corrected chi connectivity index (χ4v) is 6.79. The van der Waals surface area contributed by atoms with E-state index in [4.69, 9.17) is 0 Å². The average molecular weight is 341 g/mol. The van der Waals surface area contributed by atoms with Crippen molar-refractivity contribution in [3.63, 3.8) is 0 Å². The Morgan fingerprint density at radius 3 is 2.57 bits per heavy atom. The first-order chi connectivity index (χ1) is 11.0. The Morgan fingerprint density at radius 1 is 1.26 bits per heavy atom. The molecule has 116 valence electrons. The maximum Gasteiger partial charge on any atom is 0.334 e. The van der Waals surface area contributed by atoms with Gasteiger partial charge in [0.2, 0.25) is 5.25 Å². The maximum absolute atomic E-state index is 11.7. The van der Waals surface area contributed by atoms with E-state index in [1.807, 2.05) is 56.3 Å². The summed E-state index contributed by atoms with van der Waals surface area (Å²) in [5.41, 5.74) is 1.62. The summed E-state index contributed by atoms with van der Waals surface area (Å²) in [5, 5.41) is 24.5. The van der Waals surface area contributed by atoms with E-state index in [1.165, 1.54) is 10.8 Å². The van der Waals surface area contributed by atoms with Gasteiger partial charge < -0.3 is 9.90 Å². The zero-order valence-corrected chi connectivity index (χ0v) is 14.4. The lowest BCUT2D eigenvalue weighted by atomic mass is 9.95. The molecule has 0 amide bonds. The Morgan fingerprint density at radius 2 is 1.96 bits per heavy atom. The van der Waals surface area contributed by atoms with Gasteiger partial charge in [-0.1, -0.05) is 50.2 Å². The van der Waals surface area contributed by atoms with Crippen LogP contribution in [-0.4, -0.2) is 11.2 Å². The first-order valence-electron chi connectivity index (χ1n) is 7.28. The number of carbonyl (C=O) groups excluding carboxylic acids is 1. The lowest BCUT2D eigenvalue weighted by Gasteiger charge is -2.13. The topological polar surface area (TPSA) is 63.9 Å². The van der Waals surface area contributed by atoms with E-state index in [1.54, 1.807) is 0 Å². The number of fused-ring (bicyclic) bond motifs is 1. The van der Waals surface area contributed by atoms with Gasteiger partial charge in [-0.25, -0.2) is 0 Å². The molecule has 0 radical (unpaired) electrons. The van der Waals surface area contributed by atoms with Gasteiger partial charge in [0.15, 0.2) is 9.93 Å². The van der Waals surface area contributed by atoms with Crippen LogP contribution in [0.1, 0.15) is 19.4 Å². The third-order valence-electron chi connectivity index (χ3n) is 3.81. The highest BCUT2D eigenvalue weighted by Crippen LogP contribution is 2.49. The summed E-state index contributed by atoms with van der Waals surface area (Å²) in [6.45, 7) is 4.06. The molecule has 0 aromatic heterocycles. The van der Waals surface area contributed by atoms with Crippen LogP contribution >= 0.6 is 10.8 Å². The summed E-state index contributed by atoms with van der Waals surface area (Å²) in [6, 6.07) is 13.9. The summed E-state index contributed by atoms with van der Waals surface area (Å²) in [4.78, 5) is 12.7. The molecule has 1 aliphatic rings. The normalized spacial score (nSPS) is 21.0. The van der Waals surface area contributed by atoms with Gasteiger partial charge in [-0.15, -0.1) is 5.26 Å². The molecule has 3 rings (SSSR count). The molecule has 2 aromatic rings. The molecule has 0 spiro atoms. The number of benzene rings is 2. The Labute approximate surface area is 141 Å². The molecule has 1 aliphatic heterocycles. The molecule has 1 heterocycles. The summed E-state index contributed by atoms with van der Waals surface area (Å²) in [6.07, 6.45) is 0. The smallest absolute Gasteiger partial charge is 0.334 e. The number of rotatable bonds is 3. The summed E-state index contributed by atoms with van der Waals surface area (Å²) in [7, 11) is 0.458. The number of nitrogens with zero attached hydrogens (tertiary/aromatic N) is 1. The Kier molecular flexibility index (Phi) is 4.38. The first kappa shape index (κ1) is 16.0. The van der Waals surface area contributed by atoms with Gasteiger partial charge in [-0.05, 0) is 28.3 Å². The number of carboxylic acids is 1. The Balaban J connectivity index is 2.20. The molecule has 5 heteroatoms. The number of aliphatic carboxylic acids is 1. The summed E-state index contributed by atoms with van der Waals surface area (Å²) >= 11 is 0. The molecule has 23 heavy (non-hydrogen) atoms. The second kappa shape index (κ2) is 6.31. The van der Waals surface area contributed by atoms with Crippen LogP contribution in [0.25, 0.3) is 16.3 Å². The van der Waals surface area contributed by atoms with Gasteiger partial charge >= 0.3 is 5.40 Å². The average Bonchev–Trinajstić information content (AvgIpc) is 2.94. The highest BCUT2D eigenvalue weighted by atomic mass is 33.1. The van der Waals surface area contributed by atoms with Crippen molar-refractivity contribution in [2.75, 3.05) is 0 Å². The minimum atomic E-state index is -1.17. The van der Waals surface area contributed by atoms with Crippen molar-refractivity contribution in [2.24, 2.45) is 5.92 Å². The van der Waals surface area contributed by atoms with Crippen LogP contribution < -0.4 is 5.11 Å². The van der Waals surface area contributed by atoms with Crippen LogP contribution in [0.5, 0.6) is 0 Å². The van der Waals surface area contributed by atoms with Crippen molar-refractivity contribution in [1.82, 2.24) is 0 Å². The molecule has 0 aliphatic carbocycles. The van der Waals surface area contributed by atoms with E-state index in [2.05, 4.69) is 5.40 Å². The third kappa shape index (κ3) is 2.85. The number of thiocyanates is 1. The van der Waals surface area contributed by atoms with Crippen molar-refractivity contribution >= 4 is 43.0 Å². The molecule has 0 saturated carbocycles. The van der Waals surface area contributed by atoms with E-state index < -0.39 is 21.1 Å². The molecule has 0 bridgehead atoms. The predicted molar refractivity (Wildman–Crippen MR) is 95.1 cm³/mol. The van der Waals surface area contributed by atoms with Crippen LogP contribution in [0.3, 0.4) is 0 Å². The SMILES string of the molecule is CC(C)C1=C(c2ccc3ccccc3c2)C(C(=O)[O-])[S+](C#N)S1. The first-order valence-corrected chi connectivity index (χ1v) is 9.90. The third-order valence-corrected chi connectivity index (χ3v) is 7.78. The summed E-state index contributed by atoms with van der Waals surface area (Å²) in [5.74, 6) is -0.990. The fraction of sp³-hybridized carbons (Fsp3) is 0.222. The Bertz CT molecular complexity index is 851. The van der Waals surface area contributed by atoms with E-state index in [0.717, 1.165) is 26.8 Å². The monoisotopic (exact) mass is 341 g/mol. The van der Waals surface area contributed by atoms with E-state index in [-0.39, 0.29) is 5.92 Å². The van der Waals surface area contributed by atoms with E-state index >= 15 is 0 Å². The Hall–Kier alpha value is -1.90. The fourth-order valence-electron chi connectivity index (χ4n) is 2.76. The molecule has 0 fully saturated rings. The number of carbonyl (C=O) groups is 1. The maximum atomic E-state index is 11.7. The standard InChI is InChI=1S/C18H15NO2S2/c1-11(2)16-15(17(18(20)21)23(10-19)22-16)14-8-7-12-5-3-4-6-13(12)9-14/h3-9,11,17H,1-2H3. The van der Waals surface area contributed by atoms with E-state index in [0.29, 0.717) is 0 Å². The quantitative estimate of drug-likeness (QED) is 0.489. The lowest BCUT2D eigenvalue weighted by molar-refractivity contribution is -0.303. The molecule has 3 nitrogen and oxygen atoms in total. The van der Waals surface area contributed by atoms with Crippen molar-refractivity contribution in [3.8, 4) is 5.40 Å². The van der Waals surface area contributed by atoms with Gasteiger partial charge in [-0.3, -0.25) is 0 Å². The number of hydrogen-bond acceptors (Lipinski definition) is 4. The van der Waals surface area contributed by atoms with Gasteiger partial charge in [0, 0.05) is 5.57 Å². The van der Waals surface area contributed by atoms with Crippen molar-refractivity contribution in [3.05, 3.63) is 52.9 Å². The second-order valence-electron chi connectivity index (χ2n) is 5.67. The highest BCUT2D eigenvalue weighted by molar-refractivity contribution is 8.78. The van der Waals surface area contributed by atoms with Gasteiger partial charge in [0.05, 0.1) is 4.91 Å². The van der Waals surface area contributed by atoms with Crippen molar-refractivity contribution in [1.29, 1.82) is 5.26 Å². The zero-order valence-electron chi connectivity index (χ0n) is 12.8. The van der Waals surface area contributed by atoms with Gasteiger partial charge in [0.1, 0.15) is 16.8 Å². The van der Waals surface area contributed by atoms with Gasteiger partial charge in [-0.2, -0.15) is 0 Å². The number of carboxylic acid groups (broad SMARTS) is 1. The molecule has 2 unspecified atom stereocenters. The molecule has 0 saturated heterocycles. The minimum absolute atomic E-state index is 0.175. The number of allylic oxidation sites excluding steroid dienone is 1. The van der Waals surface area contributed by atoms with Crippen LogP contribution in [0.2, 0.25) is 0 Å². The molecule has 2 atom stereocenters. The molecule has 0 N–H and O–H groups in total. The lowest BCUT2D eigenvalue weighted by Crippen LogP contribution is -2.38. The van der Waals surface area contributed by atoms with Crippen LogP contribution in [0.15, 0.2) is 47.4 Å². The highest BCUT2D eigenvalue weighted by Gasteiger charge is 2.48. The van der Waals surface area contributed by atoms with Crippen molar-refractivity contribution < 1.29 is 9.90 Å². The molecular weight excluding hydrogens is 326 g/mol. The number of nitriles is 1. The van der Waals surface area contributed by atoms with Gasteiger partial charge in [0.25, 0.3) is 0 Å².